The van der Waals surface area contributed by atoms with Crippen LogP contribution < -0.4 is 0 Å². The smallest absolute Gasteiger partial charge is 0.450 e. The summed E-state index contributed by atoms with van der Waals surface area (Å²) in [4.78, 5) is 19.4. The molecule has 4 aromatic heterocycles. The van der Waals surface area contributed by atoms with Crippen LogP contribution in [0.2, 0.25) is 0 Å². The molecular weight excluding hydrogens is 563 g/mol. The van der Waals surface area contributed by atoms with Gasteiger partial charge in [0.1, 0.15) is 0 Å². The van der Waals surface area contributed by atoms with Crippen LogP contribution in [0.4, 0.5) is 0 Å². The van der Waals surface area contributed by atoms with Crippen LogP contribution in [0.5, 0.6) is 0 Å². The first-order valence-corrected chi connectivity index (χ1v) is 13.2. The first kappa shape index (κ1) is 29.9. The van der Waals surface area contributed by atoms with E-state index in [9.17, 15) is 0 Å². The third-order valence-corrected chi connectivity index (χ3v) is 7.04. The standard InChI is InChI=1S/C31H40N6.Pd/c1-11-25-32-13-15-36(25)27-19-21(29(3,4)5)17-23(34-27)31(9,10)24-18-22(30(6,7)8)20-28(35-24)37-16-14-33-26(37)12-2;/h13-14,17-20H,11-12H2,1-10H3;/q-2;+2. The summed E-state index contributed by atoms with van der Waals surface area (Å²) in [5, 5.41) is 0. The first-order chi connectivity index (χ1) is 17.3. The van der Waals surface area contributed by atoms with Gasteiger partial charge in [-0.3, -0.25) is 9.97 Å². The maximum Gasteiger partial charge on any atom is 2.00 e. The number of pyridine rings is 2. The van der Waals surface area contributed by atoms with E-state index >= 15 is 0 Å². The van der Waals surface area contributed by atoms with Gasteiger partial charge in [-0.1, -0.05) is 79.9 Å². The Hall–Kier alpha value is -2.62. The van der Waals surface area contributed by atoms with Crippen molar-refractivity contribution in [2.45, 2.75) is 98.3 Å². The molecule has 204 valence electrons. The molecule has 0 bridgehead atoms. The summed E-state index contributed by atoms with van der Waals surface area (Å²) in [6, 6.07) is 8.79. The Morgan fingerprint density at radius 3 is 1.32 bits per heavy atom. The second kappa shape index (κ2) is 10.9. The molecule has 0 radical (unpaired) electrons. The van der Waals surface area contributed by atoms with E-state index in [0.717, 1.165) is 47.5 Å². The fourth-order valence-electron chi connectivity index (χ4n) is 4.38. The predicted molar refractivity (Wildman–Crippen MR) is 149 cm³/mol. The Bertz CT molecular complexity index is 1290. The Kier molecular flexibility index (Phi) is 8.56. The molecule has 0 aliphatic carbocycles. The van der Waals surface area contributed by atoms with Gasteiger partial charge in [-0.2, -0.15) is 0 Å². The molecule has 0 aliphatic rings. The van der Waals surface area contributed by atoms with Crippen LogP contribution in [0, 0.1) is 12.4 Å². The Labute approximate surface area is 242 Å². The van der Waals surface area contributed by atoms with Crippen molar-refractivity contribution in [3.8, 4) is 11.6 Å². The second-order valence-corrected chi connectivity index (χ2v) is 12.3. The van der Waals surface area contributed by atoms with Gasteiger partial charge in [0.2, 0.25) is 0 Å². The third-order valence-electron chi connectivity index (χ3n) is 7.04. The van der Waals surface area contributed by atoms with Crippen molar-refractivity contribution in [1.82, 2.24) is 29.1 Å². The van der Waals surface area contributed by atoms with Crippen molar-refractivity contribution in [3.05, 3.63) is 83.2 Å². The molecular formula is C31H40N6Pd. The molecule has 7 heteroatoms. The monoisotopic (exact) mass is 602 g/mol. The van der Waals surface area contributed by atoms with E-state index in [-0.39, 0.29) is 31.3 Å². The fraction of sp³-hybridized carbons (Fsp3) is 0.484. The summed E-state index contributed by atoms with van der Waals surface area (Å²) in [5.41, 5.74) is 3.79. The average molecular weight is 603 g/mol. The maximum absolute atomic E-state index is 5.19. The maximum atomic E-state index is 5.19. The topological polar surface area (TPSA) is 61.4 Å². The van der Waals surface area contributed by atoms with Crippen molar-refractivity contribution >= 4 is 0 Å². The third kappa shape index (κ3) is 5.85. The van der Waals surface area contributed by atoms with Crippen molar-refractivity contribution in [2.24, 2.45) is 0 Å². The van der Waals surface area contributed by atoms with Gasteiger partial charge in [0, 0.05) is 40.1 Å². The summed E-state index contributed by atoms with van der Waals surface area (Å²) in [6.07, 6.45) is 11.6. The molecule has 0 atom stereocenters. The van der Waals surface area contributed by atoms with E-state index in [1.54, 1.807) is 12.4 Å². The molecule has 6 nitrogen and oxygen atoms in total. The second-order valence-electron chi connectivity index (χ2n) is 12.3. The van der Waals surface area contributed by atoms with Crippen molar-refractivity contribution in [1.29, 1.82) is 0 Å². The van der Waals surface area contributed by atoms with Gasteiger partial charge in [0.05, 0.1) is 0 Å². The molecule has 4 rings (SSSR count). The minimum Gasteiger partial charge on any atom is -0.450 e. The number of hydrogen-bond donors (Lipinski definition) is 0. The quantitative estimate of drug-likeness (QED) is 0.187. The molecule has 0 fully saturated rings. The molecule has 0 spiro atoms. The Balaban J connectivity index is 0.00000400. The van der Waals surface area contributed by atoms with Crippen LogP contribution in [0.3, 0.4) is 0 Å². The van der Waals surface area contributed by atoms with E-state index in [0.29, 0.717) is 0 Å². The summed E-state index contributed by atoms with van der Waals surface area (Å²) in [5.74, 6) is 3.57. The van der Waals surface area contributed by atoms with Crippen LogP contribution in [-0.4, -0.2) is 29.1 Å². The van der Waals surface area contributed by atoms with Gasteiger partial charge < -0.3 is 19.1 Å². The van der Waals surface area contributed by atoms with Crippen molar-refractivity contribution in [2.75, 3.05) is 0 Å². The number of imidazole rings is 2. The van der Waals surface area contributed by atoms with E-state index in [2.05, 4.69) is 116 Å². The van der Waals surface area contributed by atoms with Crippen LogP contribution in [0.1, 0.15) is 103 Å². The average Bonchev–Trinajstić information content (AvgIpc) is 3.51. The van der Waals surface area contributed by atoms with E-state index < -0.39 is 5.41 Å². The van der Waals surface area contributed by atoms with Gasteiger partial charge in [0.15, 0.2) is 0 Å². The van der Waals surface area contributed by atoms with Crippen LogP contribution in [0.15, 0.2) is 36.7 Å². The number of hydrogen-bond acceptors (Lipinski definition) is 4. The zero-order valence-corrected chi connectivity index (χ0v) is 25.9. The molecule has 38 heavy (non-hydrogen) atoms. The van der Waals surface area contributed by atoms with Crippen LogP contribution in [-0.2, 0) is 49.5 Å². The normalized spacial score (nSPS) is 12.5. The minimum absolute atomic E-state index is 0. The molecule has 0 saturated carbocycles. The number of nitrogens with zero attached hydrogens (tertiary/aromatic N) is 6. The SMILES string of the molecule is CCc1nc[c-]n1-c1cc(C(C)(C)C)cc(C(C)(C)c2cc(C(C)(C)C)cc(-n3[c-]cnc3CC)n2)n1.[Pd+2]. The molecule has 0 N–H and O–H groups in total. The zero-order chi connectivity index (χ0) is 27.2. The van der Waals surface area contributed by atoms with Gasteiger partial charge in [0.25, 0.3) is 0 Å². The van der Waals surface area contributed by atoms with Crippen LogP contribution >= 0.6 is 0 Å². The summed E-state index contributed by atoms with van der Waals surface area (Å²) < 4.78 is 3.96. The first-order valence-electron chi connectivity index (χ1n) is 13.2. The molecule has 0 unspecified atom stereocenters. The van der Waals surface area contributed by atoms with Crippen LogP contribution in [0.25, 0.3) is 11.6 Å². The number of aromatic nitrogens is 6. The molecule has 0 amide bonds. The zero-order valence-electron chi connectivity index (χ0n) is 24.4. The molecule has 0 aliphatic heterocycles. The molecule has 4 aromatic rings. The predicted octanol–water partition coefficient (Wildman–Crippen LogP) is 6.49. The summed E-state index contributed by atoms with van der Waals surface area (Å²) in [7, 11) is 0. The largest absolute Gasteiger partial charge is 2.00 e. The van der Waals surface area contributed by atoms with E-state index in [1.807, 2.05) is 9.13 Å². The molecule has 0 aromatic carbocycles. The minimum atomic E-state index is -0.466. The molecule has 4 heterocycles. The summed E-state index contributed by atoms with van der Waals surface area (Å²) >= 11 is 0. The van der Waals surface area contributed by atoms with Gasteiger partial charge in [-0.15, -0.1) is 0 Å². The van der Waals surface area contributed by atoms with Crippen molar-refractivity contribution < 1.29 is 20.4 Å². The Morgan fingerprint density at radius 1 is 0.632 bits per heavy atom. The number of rotatable bonds is 6. The number of aryl methyl sites for hydroxylation is 2. The van der Waals surface area contributed by atoms with E-state index in [4.69, 9.17) is 9.97 Å². The van der Waals surface area contributed by atoms with E-state index in [1.165, 1.54) is 11.1 Å². The molecule has 0 saturated heterocycles. The van der Waals surface area contributed by atoms with Crippen molar-refractivity contribution in [3.63, 3.8) is 0 Å². The van der Waals surface area contributed by atoms with Gasteiger partial charge >= 0.3 is 20.4 Å². The Morgan fingerprint density at radius 2 is 1.00 bits per heavy atom. The fourth-order valence-corrected chi connectivity index (χ4v) is 4.38. The summed E-state index contributed by atoms with van der Waals surface area (Å²) in [6.45, 7) is 22.0. The van der Waals surface area contributed by atoms with Gasteiger partial charge in [-0.25, -0.2) is 0 Å². The van der Waals surface area contributed by atoms with Gasteiger partial charge in [-0.05, 0) is 73.2 Å².